The Morgan fingerprint density at radius 3 is 2.55 bits per heavy atom. The van der Waals surface area contributed by atoms with E-state index in [0.717, 1.165) is 16.3 Å². The number of rotatable bonds is 3. The molecule has 1 aromatic carbocycles. The third-order valence-electron chi connectivity index (χ3n) is 2.75. The molecule has 2 N–H and O–H groups in total. The minimum atomic E-state index is 0.301. The second-order valence-electron chi connectivity index (χ2n) is 4.11. The minimum absolute atomic E-state index is 0.301. The molecule has 0 saturated carbocycles. The van der Waals surface area contributed by atoms with E-state index in [9.17, 15) is 0 Å². The zero-order chi connectivity index (χ0) is 14.1. The fraction of sp³-hybridized carbons (Fsp3) is 0.167. The van der Waals surface area contributed by atoms with Crippen LogP contribution in [0.3, 0.4) is 0 Å². The summed E-state index contributed by atoms with van der Waals surface area (Å²) in [5.74, 6) is 0. The van der Waals surface area contributed by atoms with Gasteiger partial charge in [0, 0.05) is 17.1 Å². The van der Waals surface area contributed by atoms with Crippen molar-refractivity contribution in [3.8, 4) is 16.4 Å². The van der Waals surface area contributed by atoms with Crippen molar-refractivity contribution >= 4 is 22.9 Å². The zero-order valence-electron chi connectivity index (χ0n) is 10.6. The van der Waals surface area contributed by atoms with E-state index in [1.165, 1.54) is 11.3 Å². The van der Waals surface area contributed by atoms with Gasteiger partial charge in [-0.25, -0.2) is 0 Å². The van der Waals surface area contributed by atoms with E-state index in [1.807, 2.05) is 31.2 Å². The normalized spacial score (nSPS) is 10.9. The van der Waals surface area contributed by atoms with Gasteiger partial charge in [0.25, 0.3) is 0 Å². The molecule has 0 fully saturated rings. The second-order valence-corrected chi connectivity index (χ2v) is 5.71. The first kappa shape index (κ1) is 13.2. The van der Waals surface area contributed by atoms with Crippen molar-refractivity contribution < 1.29 is 0 Å². The van der Waals surface area contributed by atoms with Crippen molar-refractivity contribution in [2.45, 2.75) is 13.5 Å². The third-order valence-corrected chi connectivity index (χ3v) is 3.81. The highest BCUT2D eigenvalue weighted by molar-refractivity contribution is 7.13. The third kappa shape index (κ3) is 2.31. The summed E-state index contributed by atoms with van der Waals surface area (Å²) in [6.45, 7) is 2.19. The van der Waals surface area contributed by atoms with Gasteiger partial charge < -0.3 is 5.73 Å². The average molecular weight is 307 g/mol. The van der Waals surface area contributed by atoms with Gasteiger partial charge in [0.1, 0.15) is 16.4 Å². The zero-order valence-corrected chi connectivity index (χ0v) is 12.2. The Hall–Kier alpha value is -1.83. The molecule has 0 aliphatic heterocycles. The summed E-state index contributed by atoms with van der Waals surface area (Å²) in [5.41, 5.74) is 8.21. The number of halogens is 1. The number of hydrogen-bond acceptors (Lipinski definition) is 6. The van der Waals surface area contributed by atoms with Crippen LogP contribution in [-0.4, -0.2) is 25.2 Å². The molecule has 0 atom stereocenters. The molecule has 6 nitrogen and oxygen atoms in total. The van der Waals surface area contributed by atoms with Crippen LogP contribution in [0.1, 0.15) is 10.7 Å². The van der Waals surface area contributed by atoms with E-state index in [4.69, 9.17) is 17.3 Å². The molecule has 0 radical (unpaired) electrons. The number of aromatic nitrogens is 5. The summed E-state index contributed by atoms with van der Waals surface area (Å²) in [6.07, 6.45) is 0. The van der Waals surface area contributed by atoms with Crippen LogP contribution in [0.15, 0.2) is 24.3 Å². The monoisotopic (exact) mass is 306 g/mol. The molecule has 102 valence electrons. The first-order valence-corrected chi connectivity index (χ1v) is 7.09. The highest BCUT2D eigenvalue weighted by Crippen LogP contribution is 2.27. The predicted molar refractivity (Wildman–Crippen MR) is 77.9 cm³/mol. The van der Waals surface area contributed by atoms with Gasteiger partial charge in [-0.1, -0.05) is 40.3 Å². The summed E-state index contributed by atoms with van der Waals surface area (Å²) < 4.78 is 1.66. The molecule has 3 aromatic rings. The summed E-state index contributed by atoms with van der Waals surface area (Å²) >= 11 is 7.37. The molecule has 2 aromatic heterocycles. The van der Waals surface area contributed by atoms with E-state index in [-0.39, 0.29) is 0 Å². The molecular weight excluding hydrogens is 296 g/mol. The average Bonchev–Trinajstić information content (AvgIpc) is 3.05. The molecule has 0 aliphatic rings. The highest BCUT2D eigenvalue weighted by Gasteiger charge is 2.17. The van der Waals surface area contributed by atoms with Gasteiger partial charge in [-0.15, -0.1) is 15.3 Å². The van der Waals surface area contributed by atoms with Crippen molar-refractivity contribution in [3.63, 3.8) is 0 Å². The SMILES string of the molecule is Cc1nnc(-n2nnc(CN)c2-c2ccc(Cl)cc2)s1. The van der Waals surface area contributed by atoms with Crippen LogP contribution in [0.2, 0.25) is 5.02 Å². The second kappa shape index (κ2) is 5.28. The summed E-state index contributed by atoms with van der Waals surface area (Å²) in [4.78, 5) is 0. The molecular formula is C12H11ClN6S. The maximum Gasteiger partial charge on any atom is 0.234 e. The molecule has 0 aliphatic carbocycles. The van der Waals surface area contributed by atoms with Gasteiger partial charge in [-0.05, 0) is 19.1 Å². The quantitative estimate of drug-likeness (QED) is 0.802. The maximum absolute atomic E-state index is 5.92. The van der Waals surface area contributed by atoms with Gasteiger partial charge in [-0.3, -0.25) is 0 Å². The Labute approximate surface area is 124 Å². The fourth-order valence-corrected chi connectivity index (χ4v) is 2.62. The molecule has 20 heavy (non-hydrogen) atoms. The fourth-order valence-electron chi connectivity index (χ4n) is 1.85. The molecule has 0 amide bonds. The van der Waals surface area contributed by atoms with E-state index in [1.54, 1.807) is 4.68 Å². The van der Waals surface area contributed by atoms with Crippen molar-refractivity contribution in [2.75, 3.05) is 0 Å². The predicted octanol–water partition coefficient (Wildman–Crippen LogP) is 2.21. The van der Waals surface area contributed by atoms with Crippen molar-refractivity contribution in [2.24, 2.45) is 5.73 Å². The van der Waals surface area contributed by atoms with Gasteiger partial charge in [0.15, 0.2) is 0 Å². The lowest BCUT2D eigenvalue weighted by Crippen LogP contribution is -2.02. The molecule has 2 heterocycles. The van der Waals surface area contributed by atoms with Gasteiger partial charge in [-0.2, -0.15) is 4.68 Å². The molecule has 0 saturated heterocycles. The van der Waals surface area contributed by atoms with Crippen LogP contribution in [-0.2, 0) is 6.54 Å². The lowest BCUT2D eigenvalue weighted by molar-refractivity contribution is 0.782. The number of nitrogens with two attached hydrogens (primary N) is 1. The largest absolute Gasteiger partial charge is 0.325 e. The molecule has 8 heteroatoms. The van der Waals surface area contributed by atoms with Gasteiger partial charge in [0.2, 0.25) is 5.13 Å². The van der Waals surface area contributed by atoms with Gasteiger partial charge >= 0.3 is 0 Å². The van der Waals surface area contributed by atoms with E-state index in [0.29, 0.717) is 22.4 Å². The highest BCUT2D eigenvalue weighted by atomic mass is 35.5. The Balaban J connectivity index is 2.17. The van der Waals surface area contributed by atoms with Crippen molar-refractivity contribution in [1.82, 2.24) is 25.2 Å². The van der Waals surface area contributed by atoms with Crippen molar-refractivity contribution in [3.05, 3.63) is 40.0 Å². The van der Waals surface area contributed by atoms with Crippen molar-refractivity contribution in [1.29, 1.82) is 0 Å². The number of nitrogens with zero attached hydrogens (tertiary/aromatic N) is 5. The number of hydrogen-bond donors (Lipinski definition) is 1. The maximum atomic E-state index is 5.92. The van der Waals surface area contributed by atoms with Crippen LogP contribution in [0.5, 0.6) is 0 Å². The lowest BCUT2D eigenvalue weighted by atomic mass is 10.1. The molecule has 0 bridgehead atoms. The summed E-state index contributed by atoms with van der Waals surface area (Å²) in [7, 11) is 0. The first-order chi connectivity index (χ1) is 9.69. The van der Waals surface area contributed by atoms with Crippen LogP contribution in [0.4, 0.5) is 0 Å². The van der Waals surface area contributed by atoms with E-state index in [2.05, 4.69) is 20.5 Å². The lowest BCUT2D eigenvalue weighted by Gasteiger charge is -2.04. The van der Waals surface area contributed by atoms with Crippen LogP contribution >= 0.6 is 22.9 Å². The summed E-state index contributed by atoms with van der Waals surface area (Å²) in [6, 6.07) is 7.45. The summed E-state index contributed by atoms with van der Waals surface area (Å²) in [5, 5.41) is 18.6. The van der Waals surface area contributed by atoms with Crippen LogP contribution < -0.4 is 5.73 Å². The molecule has 3 rings (SSSR count). The van der Waals surface area contributed by atoms with Crippen LogP contribution in [0, 0.1) is 6.92 Å². The minimum Gasteiger partial charge on any atom is -0.325 e. The van der Waals surface area contributed by atoms with Gasteiger partial charge in [0.05, 0.1) is 0 Å². The number of benzene rings is 1. The Bertz CT molecular complexity index is 733. The number of aryl methyl sites for hydroxylation is 1. The van der Waals surface area contributed by atoms with Crippen LogP contribution in [0.25, 0.3) is 16.4 Å². The topological polar surface area (TPSA) is 82.5 Å². The molecule has 0 unspecified atom stereocenters. The van der Waals surface area contributed by atoms with E-state index >= 15 is 0 Å². The molecule has 0 spiro atoms. The Morgan fingerprint density at radius 2 is 1.95 bits per heavy atom. The smallest absolute Gasteiger partial charge is 0.234 e. The Kier molecular flexibility index (Phi) is 3.47. The first-order valence-electron chi connectivity index (χ1n) is 5.90. The standard InChI is InChI=1S/C12H11ClN6S/c1-7-15-17-12(20-7)19-11(10(6-14)16-18-19)8-2-4-9(13)5-3-8/h2-5H,6,14H2,1H3. The van der Waals surface area contributed by atoms with E-state index < -0.39 is 0 Å². The Morgan fingerprint density at radius 1 is 1.20 bits per heavy atom.